The van der Waals surface area contributed by atoms with Gasteiger partial charge in [0.1, 0.15) is 6.26 Å². The standard InChI is InChI=1S/C21H18N2OS2/c1-2-5-15(6-3-1)20-17-9-12-26-18(17)8-10-23(20)13-16-14-24-21(22-16)19-7-4-11-25-19/h1-7,9,11-12,14,20H,8,10,13H2/t20-/m0/s1. The Labute approximate surface area is 160 Å². The zero-order valence-corrected chi connectivity index (χ0v) is 15.8. The lowest BCUT2D eigenvalue weighted by atomic mass is 9.93. The molecule has 0 radical (unpaired) electrons. The van der Waals surface area contributed by atoms with Crippen LogP contribution in [-0.4, -0.2) is 16.4 Å². The Morgan fingerprint density at radius 3 is 2.81 bits per heavy atom. The number of nitrogens with zero attached hydrogens (tertiary/aromatic N) is 2. The maximum Gasteiger partial charge on any atom is 0.236 e. The Morgan fingerprint density at radius 1 is 1.04 bits per heavy atom. The number of hydrogen-bond acceptors (Lipinski definition) is 5. The first-order valence-corrected chi connectivity index (χ1v) is 10.5. The molecule has 0 bridgehead atoms. The van der Waals surface area contributed by atoms with Crippen LogP contribution in [0.4, 0.5) is 0 Å². The number of benzene rings is 1. The summed E-state index contributed by atoms with van der Waals surface area (Å²) < 4.78 is 5.72. The molecule has 4 heterocycles. The van der Waals surface area contributed by atoms with Crippen LogP contribution in [0.3, 0.4) is 0 Å². The maximum atomic E-state index is 5.72. The lowest BCUT2D eigenvalue weighted by Gasteiger charge is -2.35. The van der Waals surface area contributed by atoms with Crippen molar-refractivity contribution in [2.75, 3.05) is 6.54 Å². The van der Waals surface area contributed by atoms with Crippen molar-refractivity contribution in [2.45, 2.75) is 19.0 Å². The van der Waals surface area contributed by atoms with E-state index < -0.39 is 0 Å². The van der Waals surface area contributed by atoms with E-state index in [1.54, 1.807) is 17.6 Å². The third-order valence-electron chi connectivity index (χ3n) is 4.83. The van der Waals surface area contributed by atoms with Crippen LogP contribution in [0.1, 0.15) is 27.7 Å². The number of oxazole rings is 1. The van der Waals surface area contributed by atoms with Gasteiger partial charge in [0, 0.05) is 18.0 Å². The second-order valence-corrected chi connectivity index (χ2v) is 8.40. The monoisotopic (exact) mass is 378 g/mol. The highest BCUT2D eigenvalue weighted by Crippen LogP contribution is 2.38. The van der Waals surface area contributed by atoms with Crippen molar-refractivity contribution in [3.63, 3.8) is 0 Å². The lowest BCUT2D eigenvalue weighted by Crippen LogP contribution is -2.35. The van der Waals surface area contributed by atoms with E-state index in [2.05, 4.69) is 46.7 Å². The van der Waals surface area contributed by atoms with Gasteiger partial charge in [0.25, 0.3) is 0 Å². The van der Waals surface area contributed by atoms with Crippen LogP contribution in [0.25, 0.3) is 10.8 Å². The van der Waals surface area contributed by atoms with Gasteiger partial charge >= 0.3 is 0 Å². The van der Waals surface area contributed by atoms with Gasteiger partial charge in [-0.05, 0) is 40.4 Å². The first-order valence-electron chi connectivity index (χ1n) is 8.72. The fourth-order valence-corrected chi connectivity index (χ4v) is 5.22. The molecule has 0 aliphatic carbocycles. The minimum atomic E-state index is 0.285. The van der Waals surface area contributed by atoms with E-state index in [0.717, 1.165) is 36.0 Å². The summed E-state index contributed by atoms with van der Waals surface area (Å²) in [5.74, 6) is 0.722. The molecule has 4 aromatic rings. The van der Waals surface area contributed by atoms with Gasteiger partial charge in [-0.15, -0.1) is 22.7 Å². The molecule has 1 aliphatic heterocycles. The van der Waals surface area contributed by atoms with Gasteiger partial charge in [0.2, 0.25) is 5.89 Å². The number of thiophene rings is 2. The van der Waals surface area contributed by atoms with Crippen molar-refractivity contribution in [3.8, 4) is 10.8 Å². The highest BCUT2D eigenvalue weighted by Gasteiger charge is 2.30. The van der Waals surface area contributed by atoms with E-state index in [1.807, 2.05) is 28.8 Å². The maximum absolute atomic E-state index is 5.72. The summed E-state index contributed by atoms with van der Waals surface area (Å²) in [7, 11) is 0. The third kappa shape index (κ3) is 2.92. The van der Waals surface area contributed by atoms with Crippen LogP contribution in [-0.2, 0) is 13.0 Å². The highest BCUT2D eigenvalue weighted by atomic mass is 32.1. The summed E-state index contributed by atoms with van der Waals surface area (Å²) in [4.78, 5) is 9.82. The molecule has 1 atom stereocenters. The first-order chi connectivity index (χ1) is 12.9. The Balaban J connectivity index is 1.46. The zero-order chi connectivity index (χ0) is 17.3. The largest absolute Gasteiger partial charge is 0.444 e. The predicted octanol–water partition coefficient (Wildman–Crippen LogP) is 5.61. The van der Waals surface area contributed by atoms with Crippen molar-refractivity contribution in [3.05, 3.63) is 87.3 Å². The molecule has 0 amide bonds. The molecular weight excluding hydrogens is 360 g/mol. The number of rotatable bonds is 4. The Morgan fingerprint density at radius 2 is 1.96 bits per heavy atom. The first kappa shape index (κ1) is 16.0. The second kappa shape index (κ2) is 6.83. The number of fused-ring (bicyclic) bond motifs is 1. The molecule has 0 saturated carbocycles. The van der Waals surface area contributed by atoms with Crippen LogP contribution in [0.15, 0.2) is 70.0 Å². The van der Waals surface area contributed by atoms with E-state index in [1.165, 1.54) is 16.0 Å². The van der Waals surface area contributed by atoms with Crippen molar-refractivity contribution >= 4 is 22.7 Å². The van der Waals surface area contributed by atoms with Gasteiger partial charge in [-0.25, -0.2) is 4.98 Å². The van der Waals surface area contributed by atoms with Crippen LogP contribution >= 0.6 is 22.7 Å². The van der Waals surface area contributed by atoms with Crippen LogP contribution in [0, 0.1) is 0 Å². The van der Waals surface area contributed by atoms with Crippen molar-refractivity contribution < 1.29 is 4.42 Å². The molecule has 130 valence electrons. The molecule has 26 heavy (non-hydrogen) atoms. The van der Waals surface area contributed by atoms with E-state index >= 15 is 0 Å². The summed E-state index contributed by atoms with van der Waals surface area (Å²) in [6, 6.07) is 17.4. The van der Waals surface area contributed by atoms with Gasteiger partial charge in [0.15, 0.2) is 0 Å². The van der Waals surface area contributed by atoms with E-state index in [-0.39, 0.29) is 6.04 Å². The lowest BCUT2D eigenvalue weighted by molar-refractivity contribution is 0.204. The van der Waals surface area contributed by atoms with Gasteiger partial charge < -0.3 is 4.42 Å². The van der Waals surface area contributed by atoms with Gasteiger partial charge in [-0.3, -0.25) is 4.90 Å². The normalized spacial score (nSPS) is 17.3. The Bertz CT molecular complexity index is 988. The van der Waals surface area contributed by atoms with Crippen LogP contribution in [0.5, 0.6) is 0 Å². The van der Waals surface area contributed by atoms with Gasteiger partial charge in [0.05, 0.1) is 16.6 Å². The summed E-state index contributed by atoms with van der Waals surface area (Å²) in [5, 5.41) is 4.27. The van der Waals surface area contributed by atoms with Crippen LogP contribution < -0.4 is 0 Å². The Hall–Kier alpha value is -2.21. The van der Waals surface area contributed by atoms with Crippen molar-refractivity contribution in [2.24, 2.45) is 0 Å². The number of aromatic nitrogens is 1. The zero-order valence-electron chi connectivity index (χ0n) is 14.2. The second-order valence-electron chi connectivity index (χ2n) is 6.45. The topological polar surface area (TPSA) is 29.3 Å². The summed E-state index contributed by atoms with van der Waals surface area (Å²) in [6.07, 6.45) is 2.91. The minimum Gasteiger partial charge on any atom is -0.444 e. The molecular formula is C21H18N2OS2. The average Bonchev–Trinajstić information content (AvgIpc) is 3.43. The predicted molar refractivity (Wildman–Crippen MR) is 107 cm³/mol. The Kier molecular flexibility index (Phi) is 4.21. The van der Waals surface area contributed by atoms with Gasteiger partial charge in [-0.1, -0.05) is 36.4 Å². The van der Waals surface area contributed by atoms with Crippen molar-refractivity contribution in [1.29, 1.82) is 0 Å². The molecule has 0 unspecified atom stereocenters. The summed E-state index contributed by atoms with van der Waals surface area (Å²) >= 11 is 3.53. The molecule has 5 rings (SSSR count). The molecule has 0 fully saturated rings. The van der Waals surface area contributed by atoms with E-state index in [4.69, 9.17) is 9.40 Å². The SMILES string of the molecule is c1ccc([C@H]2c3ccsc3CCN2Cc2coc(-c3cccs3)n2)cc1. The molecule has 0 saturated heterocycles. The fourth-order valence-electron chi connectivity index (χ4n) is 3.67. The molecule has 0 N–H and O–H groups in total. The molecule has 1 aromatic carbocycles. The van der Waals surface area contributed by atoms with E-state index in [0.29, 0.717) is 0 Å². The summed E-state index contributed by atoms with van der Waals surface area (Å²) in [6.45, 7) is 1.83. The van der Waals surface area contributed by atoms with Crippen LogP contribution in [0.2, 0.25) is 0 Å². The summed E-state index contributed by atoms with van der Waals surface area (Å²) in [5.41, 5.74) is 3.77. The fraction of sp³-hybridized carbons (Fsp3) is 0.190. The number of hydrogen-bond donors (Lipinski definition) is 0. The van der Waals surface area contributed by atoms with E-state index in [9.17, 15) is 0 Å². The highest BCUT2D eigenvalue weighted by molar-refractivity contribution is 7.13. The molecule has 1 aliphatic rings. The van der Waals surface area contributed by atoms with Crippen molar-refractivity contribution in [1.82, 2.24) is 9.88 Å². The quantitative estimate of drug-likeness (QED) is 0.462. The molecule has 3 aromatic heterocycles. The third-order valence-corrected chi connectivity index (χ3v) is 6.68. The molecule has 5 heteroatoms. The molecule has 0 spiro atoms. The van der Waals surface area contributed by atoms with Gasteiger partial charge in [-0.2, -0.15) is 0 Å². The average molecular weight is 379 g/mol. The molecule has 3 nitrogen and oxygen atoms in total. The minimum absolute atomic E-state index is 0.285. The smallest absolute Gasteiger partial charge is 0.236 e.